The number of unbranched alkanes of at least 4 members (excludes halogenated alkanes) is 2. The Labute approximate surface area is 174 Å². The summed E-state index contributed by atoms with van der Waals surface area (Å²) in [5.41, 5.74) is 0. The van der Waals surface area contributed by atoms with Crippen molar-refractivity contribution in [2.45, 2.75) is 45.6 Å². The van der Waals surface area contributed by atoms with Crippen LogP contribution >= 0.6 is 0 Å². The minimum Gasteiger partial charge on any atom is -0.507 e. The van der Waals surface area contributed by atoms with E-state index in [1.54, 1.807) is 0 Å². The molecule has 0 bridgehead atoms. The van der Waals surface area contributed by atoms with E-state index in [1.165, 1.54) is 6.08 Å². The smallest absolute Gasteiger partial charge is 0.331 e. The highest BCUT2D eigenvalue weighted by atomic mass is 28.4. The number of hydrogen-bond acceptors (Lipinski definition) is 4. The summed E-state index contributed by atoms with van der Waals surface area (Å²) in [7, 11) is -2.79. The monoisotopic (exact) mass is 410 g/mol. The van der Waals surface area contributed by atoms with Crippen molar-refractivity contribution < 1.29 is 18.8 Å². The molecule has 0 saturated carbocycles. The van der Waals surface area contributed by atoms with Gasteiger partial charge in [0.05, 0.1) is 6.61 Å². The van der Waals surface area contributed by atoms with Crippen LogP contribution in [0.4, 0.5) is 0 Å². The quantitative estimate of drug-likeness (QED) is 0.243. The van der Waals surface area contributed by atoms with Gasteiger partial charge in [-0.25, -0.2) is 9.59 Å². The lowest BCUT2D eigenvalue weighted by molar-refractivity contribution is -0.138. The Balaban J connectivity index is 2.30. The van der Waals surface area contributed by atoms with Crippen LogP contribution in [0.3, 0.4) is 0 Å². The SMILES string of the molecule is CCCCOC(=O)/C=C\C(=O)O[Si](CCCC)(c1ccccc1)c1ccccc1. The van der Waals surface area contributed by atoms with Gasteiger partial charge in [0.25, 0.3) is 0 Å². The van der Waals surface area contributed by atoms with E-state index in [4.69, 9.17) is 9.16 Å². The Morgan fingerprint density at radius 2 is 1.31 bits per heavy atom. The molecular weight excluding hydrogens is 380 g/mol. The summed E-state index contributed by atoms with van der Waals surface area (Å²) in [6, 6.07) is 20.7. The summed E-state index contributed by atoms with van der Waals surface area (Å²) in [4.78, 5) is 24.5. The topological polar surface area (TPSA) is 52.6 Å². The molecule has 0 radical (unpaired) electrons. The van der Waals surface area contributed by atoms with Crippen molar-refractivity contribution in [2.75, 3.05) is 6.61 Å². The van der Waals surface area contributed by atoms with E-state index in [1.807, 2.05) is 67.6 Å². The van der Waals surface area contributed by atoms with E-state index in [9.17, 15) is 9.59 Å². The molecule has 0 aromatic heterocycles. The Bertz CT molecular complexity index is 748. The van der Waals surface area contributed by atoms with E-state index < -0.39 is 20.3 Å². The van der Waals surface area contributed by atoms with Crippen molar-refractivity contribution in [1.29, 1.82) is 0 Å². The van der Waals surface area contributed by atoms with Gasteiger partial charge in [-0.2, -0.15) is 0 Å². The highest BCUT2D eigenvalue weighted by molar-refractivity contribution is 6.98. The van der Waals surface area contributed by atoms with Crippen LogP contribution in [0.1, 0.15) is 39.5 Å². The number of rotatable bonds is 11. The maximum atomic E-state index is 12.7. The van der Waals surface area contributed by atoms with Crippen molar-refractivity contribution in [1.82, 2.24) is 0 Å². The number of ether oxygens (including phenoxy) is 1. The number of benzene rings is 2. The standard InChI is InChI=1S/C24H30O4Si/c1-3-5-19-27-23(25)17-18-24(26)28-29(20-6-4-2,21-13-9-7-10-14-21)22-15-11-8-12-16-22/h7-18H,3-6,19-20H2,1-2H3/b18-17-. The Morgan fingerprint density at radius 1 is 0.793 bits per heavy atom. The molecule has 0 N–H and O–H groups in total. The van der Waals surface area contributed by atoms with Crippen molar-refractivity contribution in [3.63, 3.8) is 0 Å². The largest absolute Gasteiger partial charge is 0.507 e. The minimum absolute atomic E-state index is 0.359. The predicted octanol–water partition coefficient (Wildman–Crippen LogP) is 3.99. The first-order valence-corrected chi connectivity index (χ1v) is 12.4. The zero-order chi connectivity index (χ0) is 21.0. The molecule has 0 heterocycles. The molecule has 0 aliphatic carbocycles. The van der Waals surface area contributed by atoms with Crippen LogP contribution in [0.25, 0.3) is 0 Å². The summed E-state index contributed by atoms with van der Waals surface area (Å²) < 4.78 is 11.3. The van der Waals surface area contributed by atoms with Crippen molar-refractivity contribution in [2.24, 2.45) is 0 Å². The van der Waals surface area contributed by atoms with Gasteiger partial charge in [0.2, 0.25) is 0 Å². The number of carbonyl (C=O) groups is 2. The third kappa shape index (κ3) is 6.71. The lowest BCUT2D eigenvalue weighted by atomic mass is 10.4. The van der Waals surface area contributed by atoms with Gasteiger partial charge in [-0.05, 0) is 22.8 Å². The predicted molar refractivity (Wildman–Crippen MR) is 119 cm³/mol. The molecule has 2 aromatic rings. The van der Waals surface area contributed by atoms with Gasteiger partial charge in [0.1, 0.15) is 0 Å². The van der Waals surface area contributed by atoms with E-state index in [-0.39, 0.29) is 0 Å². The maximum absolute atomic E-state index is 12.7. The Kier molecular flexibility index (Phi) is 9.38. The molecule has 0 unspecified atom stereocenters. The summed E-state index contributed by atoms with van der Waals surface area (Å²) in [5, 5.41) is 2.10. The Morgan fingerprint density at radius 3 is 1.83 bits per heavy atom. The van der Waals surface area contributed by atoms with Gasteiger partial charge in [-0.15, -0.1) is 0 Å². The molecule has 0 amide bonds. The summed E-state index contributed by atoms with van der Waals surface area (Å²) in [6.45, 7) is 4.51. The molecule has 0 atom stereocenters. The third-order valence-corrected chi connectivity index (χ3v) is 8.87. The van der Waals surface area contributed by atoms with Gasteiger partial charge < -0.3 is 9.16 Å². The summed E-state index contributed by atoms with van der Waals surface area (Å²) in [6.07, 6.45) is 6.05. The molecular formula is C24H30O4Si. The zero-order valence-corrected chi connectivity index (χ0v) is 18.3. The normalized spacial score (nSPS) is 11.4. The maximum Gasteiger partial charge on any atom is 0.331 e. The molecule has 0 spiro atoms. The number of esters is 1. The molecule has 0 aliphatic heterocycles. The van der Waals surface area contributed by atoms with Gasteiger partial charge in [-0.3, -0.25) is 0 Å². The zero-order valence-electron chi connectivity index (χ0n) is 17.3. The minimum atomic E-state index is -2.79. The van der Waals surface area contributed by atoms with Crippen molar-refractivity contribution in [3.8, 4) is 0 Å². The fourth-order valence-electron chi connectivity index (χ4n) is 3.17. The van der Waals surface area contributed by atoms with E-state index in [0.717, 1.165) is 48.2 Å². The molecule has 4 nitrogen and oxygen atoms in total. The number of hydrogen-bond donors (Lipinski definition) is 0. The fourth-order valence-corrected chi connectivity index (χ4v) is 7.14. The van der Waals surface area contributed by atoms with Crippen LogP contribution in [0.2, 0.25) is 6.04 Å². The highest BCUT2D eigenvalue weighted by Gasteiger charge is 2.42. The molecule has 2 aromatic carbocycles. The van der Waals surface area contributed by atoms with Crippen LogP contribution in [0.15, 0.2) is 72.8 Å². The van der Waals surface area contributed by atoms with Crippen LogP contribution < -0.4 is 10.4 Å². The first kappa shape index (κ1) is 22.6. The molecule has 0 saturated heterocycles. The lowest BCUT2D eigenvalue weighted by Gasteiger charge is -2.31. The molecule has 29 heavy (non-hydrogen) atoms. The third-order valence-electron chi connectivity index (χ3n) is 4.74. The number of carbonyl (C=O) groups excluding carboxylic acids is 2. The molecule has 0 fully saturated rings. The van der Waals surface area contributed by atoms with Crippen molar-refractivity contribution >= 4 is 30.6 Å². The average molecular weight is 411 g/mol. The van der Waals surface area contributed by atoms with Gasteiger partial charge in [0, 0.05) is 12.2 Å². The molecule has 2 rings (SSSR count). The van der Waals surface area contributed by atoms with Gasteiger partial charge >= 0.3 is 20.3 Å². The van der Waals surface area contributed by atoms with Crippen LogP contribution in [-0.4, -0.2) is 26.9 Å². The van der Waals surface area contributed by atoms with Gasteiger partial charge in [-0.1, -0.05) is 93.8 Å². The van der Waals surface area contributed by atoms with Gasteiger partial charge in [0.15, 0.2) is 0 Å². The van der Waals surface area contributed by atoms with E-state index >= 15 is 0 Å². The Hall–Kier alpha value is -2.66. The van der Waals surface area contributed by atoms with Crippen molar-refractivity contribution in [3.05, 3.63) is 72.8 Å². The van der Waals surface area contributed by atoms with E-state index in [0.29, 0.717) is 6.61 Å². The highest BCUT2D eigenvalue weighted by Crippen LogP contribution is 2.18. The second-order valence-corrected chi connectivity index (χ2v) is 10.5. The lowest BCUT2D eigenvalue weighted by Crippen LogP contribution is -2.61. The molecule has 5 heteroatoms. The van der Waals surface area contributed by atoms with E-state index in [2.05, 4.69) is 6.92 Å². The average Bonchev–Trinajstić information content (AvgIpc) is 2.76. The first-order valence-electron chi connectivity index (χ1n) is 10.3. The summed E-state index contributed by atoms with van der Waals surface area (Å²) in [5.74, 6) is -1.02. The van der Waals surface area contributed by atoms with Crippen LogP contribution in [0, 0.1) is 0 Å². The molecule has 0 aliphatic rings. The summed E-state index contributed by atoms with van der Waals surface area (Å²) >= 11 is 0. The molecule has 154 valence electrons. The second-order valence-electron chi connectivity index (χ2n) is 6.94. The van der Waals surface area contributed by atoms with Crippen LogP contribution in [0.5, 0.6) is 0 Å². The fraction of sp³-hybridized carbons (Fsp3) is 0.333. The van der Waals surface area contributed by atoms with Crippen LogP contribution in [-0.2, 0) is 18.8 Å². The second kappa shape index (κ2) is 12.0. The first-order chi connectivity index (χ1) is 14.1.